The molecule has 2 N–H and O–H groups in total. The first-order chi connectivity index (χ1) is 9.06. The van der Waals surface area contributed by atoms with Crippen LogP contribution in [0.1, 0.15) is 38.2 Å². The normalized spacial score (nSPS) is 17.2. The van der Waals surface area contributed by atoms with Crippen molar-refractivity contribution in [3.63, 3.8) is 0 Å². The van der Waals surface area contributed by atoms with Gasteiger partial charge < -0.3 is 10.6 Å². The molecule has 1 amide bonds. The first kappa shape index (κ1) is 13.8. The summed E-state index contributed by atoms with van der Waals surface area (Å²) in [5.41, 5.74) is 1.24. The second-order valence-electron chi connectivity index (χ2n) is 5.32. The predicted octanol–water partition coefficient (Wildman–Crippen LogP) is 2.99. The molecule has 1 aliphatic rings. The van der Waals surface area contributed by atoms with Gasteiger partial charge in [-0.3, -0.25) is 4.79 Å². The number of anilines is 1. The monoisotopic (exact) mass is 264 g/mol. The van der Waals surface area contributed by atoms with Crippen molar-refractivity contribution in [2.45, 2.75) is 51.6 Å². The molecule has 104 valence electrons. The summed E-state index contributed by atoms with van der Waals surface area (Å²) in [5.74, 6) is -0.277. The number of nitrogens with one attached hydrogen (secondary N) is 2. The standard InChI is InChI=1S/C15H21FN2O/c1-10-7-8-13(9-14(10)16)17-11(2)15(19)18-12-5-3-4-6-12/h7-9,11-12,17H,3-6H2,1-2H3,(H,18,19)/t11-/m0/s1. The molecule has 0 saturated heterocycles. The van der Waals surface area contributed by atoms with Crippen LogP contribution in [0.2, 0.25) is 0 Å². The van der Waals surface area contributed by atoms with E-state index in [4.69, 9.17) is 0 Å². The van der Waals surface area contributed by atoms with Gasteiger partial charge >= 0.3 is 0 Å². The number of halogens is 1. The number of aryl methyl sites for hydroxylation is 1. The van der Waals surface area contributed by atoms with Crippen molar-refractivity contribution in [2.75, 3.05) is 5.32 Å². The molecule has 3 nitrogen and oxygen atoms in total. The van der Waals surface area contributed by atoms with Crippen LogP contribution in [-0.2, 0) is 4.79 Å². The molecule has 0 aromatic heterocycles. The van der Waals surface area contributed by atoms with E-state index >= 15 is 0 Å². The zero-order valence-electron chi connectivity index (χ0n) is 11.5. The third kappa shape index (κ3) is 3.69. The van der Waals surface area contributed by atoms with Gasteiger partial charge in [-0.15, -0.1) is 0 Å². The first-order valence-electron chi connectivity index (χ1n) is 6.89. The second kappa shape index (κ2) is 6.04. The molecule has 2 rings (SSSR count). The quantitative estimate of drug-likeness (QED) is 0.877. The Kier molecular flexibility index (Phi) is 4.40. The van der Waals surface area contributed by atoms with E-state index in [1.54, 1.807) is 26.0 Å². The minimum atomic E-state index is -0.359. The topological polar surface area (TPSA) is 41.1 Å². The minimum Gasteiger partial charge on any atom is -0.374 e. The van der Waals surface area contributed by atoms with Crippen LogP contribution in [0, 0.1) is 12.7 Å². The van der Waals surface area contributed by atoms with Crippen LogP contribution in [0.3, 0.4) is 0 Å². The Morgan fingerprint density at radius 1 is 1.37 bits per heavy atom. The Labute approximate surface area is 113 Å². The van der Waals surface area contributed by atoms with Gasteiger partial charge in [-0.25, -0.2) is 4.39 Å². The largest absolute Gasteiger partial charge is 0.374 e. The summed E-state index contributed by atoms with van der Waals surface area (Å²) in [6.07, 6.45) is 4.51. The van der Waals surface area contributed by atoms with Crippen LogP contribution in [0.5, 0.6) is 0 Å². The summed E-state index contributed by atoms with van der Waals surface area (Å²) in [4.78, 5) is 12.0. The molecule has 0 unspecified atom stereocenters. The molecule has 1 aromatic rings. The average molecular weight is 264 g/mol. The Hall–Kier alpha value is -1.58. The average Bonchev–Trinajstić information content (AvgIpc) is 2.86. The molecule has 1 saturated carbocycles. The number of carbonyl (C=O) groups excluding carboxylic acids is 1. The molecule has 19 heavy (non-hydrogen) atoms. The summed E-state index contributed by atoms with van der Waals surface area (Å²) in [6.45, 7) is 3.51. The van der Waals surface area contributed by atoms with Crippen molar-refractivity contribution in [1.29, 1.82) is 0 Å². The lowest BCUT2D eigenvalue weighted by atomic mass is 10.2. The molecule has 0 heterocycles. The molecule has 1 atom stereocenters. The number of rotatable bonds is 4. The number of carbonyl (C=O) groups is 1. The lowest BCUT2D eigenvalue weighted by Gasteiger charge is -2.18. The smallest absolute Gasteiger partial charge is 0.242 e. The molecular formula is C15H21FN2O. The Bertz CT molecular complexity index is 455. The van der Waals surface area contributed by atoms with E-state index in [0.29, 0.717) is 17.3 Å². The Balaban J connectivity index is 1.90. The first-order valence-corrected chi connectivity index (χ1v) is 6.89. The number of hydrogen-bond donors (Lipinski definition) is 2. The molecule has 0 spiro atoms. The molecule has 1 aromatic carbocycles. The maximum Gasteiger partial charge on any atom is 0.242 e. The van der Waals surface area contributed by atoms with Crippen LogP contribution in [0.15, 0.2) is 18.2 Å². The highest BCUT2D eigenvalue weighted by Gasteiger charge is 2.20. The SMILES string of the molecule is Cc1ccc(N[C@@H](C)C(=O)NC2CCCC2)cc1F. The molecule has 0 radical (unpaired) electrons. The van der Waals surface area contributed by atoms with Gasteiger partial charge in [0.15, 0.2) is 0 Å². The van der Waals surface area contributed by atoms with Gasteiger partial charge in [0.2, 0.25) is 5.91 Å². The van der Waals surface area contributed by atoms with E-state index in [9.17, 15) is 9.18 Å². The maximum atomic E-state index is 13.4. The van der Waals surface area contributed by atoms with Gasteiger partial charge in [0.25, 0.3) is 0 Å². The fraction of sp³-hybridized carbons (Fsp3) is 0.533. The highest BCUT2D eigenvalue weighted by atomic mass is 19.1. The summed E-state index contributed by atoms with van der Waals surface area (Å²) >= 11 is 0. The van der Waals surface area contributed by atoms with Crippen molar-refractivity contribution in [1.82, 2.24) is 5.32 Å². The molecule has 4 heteroatoms. The van der Waals surface area contributed by atoms with Crippen LogP contribution in [0.4, 0.5) is 10.1 Å². The number of benzene rings is 1. The zero-order valence-corrected chi connectivity index (χ0v) is 11.5. The lowest BCUT2D eigenvalue weighted by molar-refractivity contribution is -0.122. The van der Waals surface area contributed by atoms with Crippen LogP contribution >= 0.6 is 0 Å². The minimum absolute atomic E-state index is 0.0205. The number of hydrogen-bond acceptors (Lipinski definition) is 2. The molecule has 1 fully saturated rings. The summed E-state index contributed by atoms with van der Waals surface area (Å²) < 4.78 is 13.4. The third-order valence-electron chi connectivity index (χ3n) is 3.65. The number of amides is 1. The zero-order chi connectivity index (χ0) is 13.8. The fourth-order valence-corrected chi connectivity index (χ4v) is 2.39. The van der Waals surface area contributed by atoms with Gasteiger partial charge in [-0.1, -0.05) is 18.9 Å². The highest BCUT2D eigenvalue weighted by molar-refractivity contribution is 5.84. The Morgan fingerprint density at radius 2 is 2.05 bits per heavy atom. The molecular weight excluding hydrogens is 243 g/mol. The van der Waals surface area contributed by atoms with Crippen molar-refractivity contribution in [2.24, 2.45) is 0 Å². The molecule has 1 aliphatic carbocycles. The molecule has 0 bridgehead atoms. The van der Waals surface area contributed by atoms with Crippen molar-refractivity contribution in [3.8, 4) is 0 Å². The van der Waals surface area contributed by atoms with Crippen molar-refractivity contribution in [3.05, 3.63) is 29.6 Å². The second-order valence-corrected chi connectivity index (χ2v) is 5.32. The Morgan fingerprint density at radius 3 is 2.68 bits per heavy atom. The van der Waals surface area contributed by atoms with E-state index in [-0.39, 0.29) is 17.8 Å². The van der Waals surface area contributed by atoms with Crippen LogP contribution in [-0.4, -0.2) is 18.0 Å². The maximum absolute atomic E-state index is 13.4. The van der Waals surface area contributed by atoms with Gasteiger partial charge in [-0.05, 0) is 44.4 Å². The highest BCUT2D eigenvalue weighted by Crippen LogP contribution is 2.18. The van der Waals surface area contributed by atoms with E-state index in [1.807, 2.05) is 0 Å². The summed E-state index contributed by atoms with van der Waals surface area (Å²) in [5, 5.41) is 6.06. The van der Waals surface area contributed by atoms with Gasteiger partial charge in [-0.2, -0.15) is 0 Å². The van der Waals surface area contributed by atoms with Crippen LogP contribution < -0.4 is 10.6 Å². The lowest BCUT2D eigenvalue weighted by Crippen LogP contribution is -2.42. The molecule has 0 aliphatic heterocycles. The summed E-state index contributed by atoms with van der Waals surface area (Å²) in [6, 6.07) is 4.88. The summed E-state index contributed by atoms with van der Waals surface area (Å²) in [7, 11) is 0. The predicted molar refractivity (Wildman–Crippen MR) is 74.6 cm³/mol. The van der Waals surface area contributed by atoms with Crippen LogP contribution in [0.25, 0.3) is 0 Å². The van der Waals surface area contributed by atoms with E-state index in [1.165, 1.54) is 18.9 Å². The van der Waals surface area contributed by atoms with Gasteiger partial charge in [0.05, 0.1) is 0 Å². The van der Waals surface area contributed by atoms with E-state index in [2.05, 4.69) is 10.6 Å². The van der Waals surface area contributed by atoms with E-state index < -0.39 is 0 Å². The van der Waals surface area contributed by atoms with Crippen molar-refractivity contribution < 1.29 is 9.18 Å². The fourth-order valence-electron chi connectivity index (χ4n) is 2.39. The van der Waals surface area contributed by atoms with E-state index in [0.717, 1.165) is 12.8 Å². The third-order valence-corrected chi connectivity index (χ3v) is 3.65. The van der Waals surface area contributed by atoms with Crippen molar-refractivity contribution >= 4 is 11.6 Å². The van der Waals surface area contributed by atoms with Gasteiger partial charge in [0, 0.05) is 11.7 Å². The van der Waals surface area contributed by atoms with Gasteiger partial charge in [0.1, 0.15) is 11.9 Å².